The number of nitrogens with zero attached hydrogens (tertiary/aromatic N) is 1. The van der Waals surface area contributed by atoms with Crippen molar-refractivity contribution in [3.8, 4) is 11.4 Å². The average Bonchev–Trinajstić information content (AvgIpc) is 2.91. The standard InChI is InChI=1S/C16H16N2OS/c1-2-10-20(19)13-8-9-14-15(11-13)18-16(17-14)12-6-4-3-5-7-12/h3-9,11H,2,10H2,1H3,(H,17,18). The zero-order chi connectivity index (χ0) is 13.9. The minimum Gasteiger partial charge on any atom is -0.338 e. The maximum absolute atomic E-state index is 12.0. The zero-order valence-corrected chi connectivity index (χ0v) is 12.1. The molecular formula is C16H16N2OS. The van der Waals surface area contributed by atoms with E-state index in [9.17, 15) is 4.21 Å². The smallest absolute Gasteiger partial charge is 0.138 e. The van der Waals surface area contributed by atoms with Gasteiger partial charge in [-0.05, 0) is 24.6 Å². The third-order valence-corrected chi connectivity index (χ3v) is 4.71. The van der Waals surface area contributed by atoms with Crippen LogP contribution in [-0.2, 0) is 10.8 Å². The summed E-state index contributed by atoms with van der Waals surface area (Å²) in [5, 5.41) is 0. The van der Waals surface area contributed by atoms with E-state index in [-0.39, 0.29) is 0 Å². The summed E-state index contributed by atoms with van der Waals surface area (Å²) in [5.74, 6) is 1.55. The number of nitrogens with one attached hydrogen (secondary N) is 1. The second-order valence-corrected chi connectivity index (χ2v) is 6.25. The van der Waals surface area contributed by atoms with Crippen LogP contribution in [0.5, 0.6) is 0 Å². The summed E-state index contributed by atoms with van der Waals surface area (Å²) >= 11 is 0. The van der Waals surface area contributed by atoms with E-state index in [1.165, 1.54) is 0 Å². The largest absolute Gasteiger partial charge is 0.338 e. The highest BCUT2D eigenvalue weighted by Crippen LogP contribution is 2.22. The van der Waals surface area contributed by atoms with Crippen molar-refractivity contribution in [2.75, 3.05) is 5.75 Å². The van der Waals surface area contributed by atoms with Gasteiger partial charge in [-0.2, -0.15) is 0 Å². The van der Waals surface area contributed by atoms with Gasteiger partial charge >= 0.3 is 0 Å². The van der Waals surface area contributed by atoms with Gasteiger partial charge in [0, 0.05) is 16.2 Å². The summed E-state index contributed by atoms with van der Waals surface area (Å²) in [6.45, 7) is 2.04. The minimum absolute atomic E-state index is 0.700. The first-order valence-electron chi connectivity index (χ1n) is 6.71. The summed E-state index contributed by atoms with van der Waals surface area (Å²) < 4.78 is 12.0. The summed E-state index contributed by atoms with van der Waals surface area (Å²) in [7, 11) is -0.922. The molecule has 0 bridgehead atoms. The first-order chi connectivity index (χ1) is 9.78. The van der Waals surface area contributed by atoms with Crippen LogP contribution in [0.3, 0.4) is 0 Å². The number of hydrogen-bond acceptors (Lipinski definition) is 2. The third-order valence-electron chi connectivity index (χ3n) is 3.15. The van der Waals surface area contributed by atoms with Crippen molar-refractivity contribution in [3.63, 3.8) is 0 Å². The van der Waals surface area contributed by atoms with Crippen LogP contribution in [0.25, 0.3) is 22.4 Å². The van der Waals surface area contributed by atoms with Crippen molar-refractivity contribution in [2.24, 2.45) is 0 Å². The van der Waals surface area contributed by atoms with Gasteiger partial charge in [0.1, 0.15) is 5.82 Å². The molecule has 3 nitrogen and oxygen atoms in total. The summed E-state index contributed by atoms with van der Waals surface area (Å²) in [6, 6.07) is 15.8. The minimum atomic E-state index is -0.922. The molecule has 3 rings (SSSR count). The predicted molar refractivity (Wildman–Crippen MR) is 83.1 cm³/mol. The molecule has 3 aromatic rings. The molecule has 1 heterocycles. The molecule has 0 aliphatic heterocycles. The van der Waals surface area contributed by atoms with Crippen LogP contribution in [0.15, 0.2) is 53.4 Å². The maximum atomic E-state index is 12.0. The lowest BCUT2D eigenvalue weighted by molar-refractivity contribution is 0.682. The van der Waals surface area contributed by atoms with E-state index in [2.05, 4.69) is 9.97 Å². The topological polar surface area (TPSA) is 45.8 Å². The molecule has 0 aliphatic rings. The number of aromatic amines is 1. The Morgan fingerprint density at radius 1 is 1.15 bits per heavy atom. The molecule has 1 unspecified atom stereocenters. The van der Waals surface area contributed by atoms with Gasteiger partial charge in [-0.15, -0.1) is 0 Å². The Hall–Kier alpha value is -1.94. The van der Waals surface area contributed by atoms with Gasteiger partial charge in [-0.25, -0.2) is 4.98 Å². The van der Waals surface area contributed by atoms with E-state index in [4.69, 9.17) is 0 Å². The lowest BCUT2D eigenvalue weighted by Gasteiger charge is -1.99. The average molecular weight is 284 g/mol. The Morgan fingerprint density at radius 2 is 1.95 bits per heavy atom. The Kier molecular flexibility index (Phi) is 3.65. The van der Waals surface area contributed by atoms with E-state index >= 15 is 0 Å². The summed E-state index contributed by atoms with van der Waals surface area (Å²) in [5.41, 5.74) is 2.90. The number of hydrogen-bond donors (Lipinski definition) is 1. The first-order valence-corrected chi connectivity index (χ1v) is 8.03. The highest BCUT2D eigenvalue weighted by Gasteiger charge is 2.08. The van der Waals surface area contributed by atoms with Gasteiger partial charge in [-0.3, -0.25) is 4.21 Å². The highest BCUT2D eigenvalue weighted by molar-refractivity contribution is 7.85. The molecule has 4 heteroatoms. The predicted octanol–water partition coefficient (Wildman–Crippen LogP) is 3.75. The van der Waals surface area contributed by atoms with E-state index in [0.29, 0.717) is 5.75 Å². The highest BCUT2D eigenvalue weighted by atomic mass is 32.2. The lowest BCUT2D eigenvalue weighted by atomic mass is 10.2. The first kappa shape index (κ1) is 13.1. The van der Waals surface area contributed by atoms with Crippen LogP contribution in [0.4, 0.5) is 0 Å². The van der Waals surface area contributed by atoms with E-state index < -0.39 is 10.8 Å². The van der Waals surface area contributed by atoms with Crippen LogP contribution in [-0.4, -0.2) is 19.9 Å². The molecule has 0 aliphatic carbocycles. The second kappa shape index (κ2) is 5.59. The van der Waals surface area contributed by atoms with E-state index in [1.807, 2.05) is 55.5 Å². The fraction of sp³-hybridized carbons (Fsp3) is 0.188. The normalized spacial score (nSPS) is 12.7. The molecule has 0 amide bonds. The molecular weight excluding hydrogens is 268 g/mol. The molecule has 0 saturated carbocycles. The third kappa shape index (κ3) is 2.51. The second-order valence-electron chi connectivity index (χ2n) is 4.68. The molecule has 0 fully saturated rings. The summed E-state index contributed by atoms with van der Waals surface area (Å²) in [6.07, 6.45) is 0.920. The van der Waals surface area contributed by atoms with E-state index in [0.717, 1.165) is 33.7 Å². The monoisotopic (exact) mass is 284 g/mol. The SMILES string of the molecule is CCCS(=O)c1ccc2nc(-c3ccccc3)[nH]c2c1. The molecule has 0 spiro atoms. The number of H-pyrrole nitrogens is 1. The number of aromatic nitrogens is 2. The number of benzene rings is 2. The van der Waals surface area contributed by atoms with Crippen LogP contribution in [0.1, 0.15) is 13.3 Å². The Morgan fingerprint density at radius 3 is 2.70 bits per heavy atom. The molecule has 1 aromatic heterocycles. The number of fused-ring (bicyclic) bond motifs is 1. The van der Waals surface area contributed by atoms with Crippen molar-refractivity contribution in [1.82, 2.24) is 9.97 Å². The fourth-order valence-corrected chi connectivity index (χ4v) is 3.24. The molecule has 1 N–H and O–H groups in total. The van der Waals surface area contributed by atoms with Gasteiger partial charge in [0.05, 0.1) is 21.8 Å². The Labute approximate surface area is 120 Å². The van der Waals surface area contributed by atoms with Gasteiger partial charge in [-0.1, -0.05) is 37.3 Å². The molecule has 20 heavy (non-hydrogen) atoms. The van der Waals surface area contributed by atoms with Crippen molar-refractivity contribution >= 4 is 21.8 Å². The molecule has 102 valence electrons. The van der Waals surface area contributed by atoms with Gasteiger partial charge in [0.15, 0.2) is 0 Å². The van der Waals surface area contributed by atoms with Gasteiger partial charge in [0.25, 0.3) is 0 Å². The summed E-state index contributed by atoms with van der Waals surface area (Å²) in [4.78, 5) is 8.74. The van der Waals surface area contributed by atoms with E-state index in [1.54, 1.807) is 0 Å². The van der Waals surface area contributed by atoms with Crippen molar-refractivity contribution in [3.05, 3.63) is 48.5 Å². The molecule has 1 atom stereocenters. The maximum Gasteiger partial charge on any atom is 0.138 e. The molecule has 0 radical (unpaired) electrons. The van der Waals surface area contributed by atoms with Crippen LogP contribution in [0.2, 0.25) is 0 Å². The number of imidazole rings is 1. The zero-order valence-electron chi connectivity index (χ0n) is 11.3. The van der Waals surface area contributed by atoms with Crippen molar-refractivity contribution in [2.45, 2.75) is 18.2 Å². The van der Waals surface area contributed by atoms with Crippen LogP contribution < -0.4 is 0 Å². The van der Waals surface area contributed by atoms with Crippen LogP contribution >= 0.6 is 0 Å². The Balaban J connectivity index is 2.02. The lowest BCUT2D eigenvalue weighted by Crippen LogP contribution is -1.96. The van der Waals surface area contributed by atoms with Gasteiger partial charge in [0.2, 0.25) is 0 Å². The number of rotatable bonds is 4. The van der Waals surface area contributed by atoms with Crippen molar-refractivity contribution in [1.29, 1.82) is 0 Å². The van der Waals surface area contributed by atoms with Crippen molar-refractivity contribution < 1.29 is 4.21 Å². The fourth-order valence-electron chi connectivity index (χ4n) is 2.17. The van der Waals surface area contributed by atoms with Crippen LogP contribution in [0, 0.1) is 0 Å². The quantitative estimate of drug-likeness (QED) is 0.793. The Bertz CT molecular complexity index is 750. The van der Waals surface area contributed by atoms with Gasteiger partial charge < -0.3 is 4.98 Å². The molecule has 0 saturated heterocycles. The molecule has 2 aromatic carbocycles.